The van der Waals surface area contributed by atoms with Crippen LogP contribution in [0.3, 0.4) is 0 Å². The zero-order valence-corrected chi connectivity index (χ0v) is 10.9. The summed E-state index contributed by atoms with van der Waals surface area (Å²) < 4.78 is 4.63. The molecule has 0 aromatic rings. The summed E-state index contributed by atoms with van der Waals surface area (Å²) in [7, 11) is 3.91. The maximum absolute atomic E-state index is 11.5. The highest BCUT2D eigenvalue weighted by Crippen LogP contribution is 2.08. The summed E-state index contributed by atoms with van der Waals surface area (Å²) in [6.45, 7) is 9.76. The molecular weight excluding hydrogens is 218 g/mol. The minimum absolute atomic E-state index is 0.291. The van der Waals surface area contributed by atoms with Crippen LogP contribution in [0.1, 0.15) is 26.2 Å². The fourth-order valence-corrected chi connectivity index (χ4v) is 1.08. The Kier molecular flexibility index (Phi) is 7.14. The van der Waals surface area contributed by atoms with E-state index in [1.807, 2.05) is 19.0 Å². The molecule has 0 aliphatic heterocycles. The van der Waals surface area contributed by atoms with Gasteiger partial charge < -0.3 is 9.64 Å². The normalized spacial score (nSPS) is 10.1. The van der Waals surface area contributed by atoms with Crippen LogP contribution in [0.2, 0.25) is 0 Å². The molecule has 17 heavy (non-hydrogen) atoms. The number of rotatable bonds is 7. The first-order valence-corrected chi connectivity index (χ1v) is 5.65. The van der Waals surface area contributed by atoms with Crippen molar-refractivity contribution in [2.45, 2.75) is 26.2 Å². The van der Waals surface area contributed by atoms with Crippen molar-refractivity contribution in [3.8, 4) is 0 Å². The molecule has 0 saturated heterocycles. The third-order valence-electron chi connectivity index (χ3n) is 2.27. The average Bonchev–Trinajstić information content (AvgIpc) is 2.26. The van der Waals surface area contributed by atoms with Gasteiger partial charge in [-0.25, -0.2) is 9.59 Å². The highest BCUT2D eigenvalue weighted by Gasteiger charge is 2.15. The smallest absolute Gasteiger partial charge is 0.341 e. The molecule has 0 spiro atoms. The molecule has 4 heteroatoms. The Morgan fingerprint density at radius 3 is 2.12 bits per heavy atom. The maximum atomic E-state index is 11.5. The summed E-state index contributed by atoms with van der Waals surface area (Å²) in [5.41, 5.74) is 0.614. The van der Waals surface area contributed by atoms with Crippen LogP contribution < -0.4 is 0 Å². The van der Waals surface area contributed by atoms with Crippen molar-refractivity contribution >= 4 is 11.9 Å². The quantitative estimate of drug-likeness (QED) is 0.387. The van der Waals surface area contributed by atoms with E-state index in [1.54, 1.807) is 6.92 Å². The van der Waals surface area contributed by atoms with Crippen molar-refractivity contribution in [3.05, 3.63) is 24.3 Å². The van der Waals surface area contributed by atoms with Crippen molar-refractivity contribution in [2.24, 2.45) is 0 Å². The average molecular weight is 239 g/mol. The van der Waals surface area contributed by atoms with E-state index in [9.17, 15) is 9.59 Å². The molecule has 0 aromatic heterocycles. The van der Waals surface area contributed by atoms with E-state index in [-0.39, 0.29) is 0 Å². The molecule has 0 aromatic carbocycles. The molecule has 0 saturated carbocycles. The van der Waals surface area contributed by atoms with Gasteiger partial charge in [-0.2, -0.15) is 0 Å². The number of nitrogens with zero attached hydrogens (tertiary/aromatic N) is 1. The number of carbonyl (C=O) groups is 2. The third kappa shape index (κ3) is 6.68. The topological polar surface area (TPSA) is 46.6 Å². The number of carbonyl (C=O) groups excluding carboxylic acids is 2. The molecule has 0 N–H and O–H groups in total. The fraction of sp³-hybridized carbons (Fsp3) is 0.538. The molecule has 0 amide bonds. The van der Waals surface area contributed by atoms with Gasteiger partial charge in [0.05, 0.1) is 0 Å². The largest absolute Gasteiger partial charge is 0.386 e. The van der Waals surface area contributed by atoms with Crippen molar-refractivity contribution < 1.29 is 14.3 Å². The van der Waals surface area contributed by atoms with Gasteiger partial charge in [-0.05, 0) is 39.9 Å². The van der Waals surface area contributed by atoms with Crippen LogP contribution in [-0.4, -0.2) is 37.5 Å². The van der Waals surface area contributed by atoms with E-state index in [0.29, 0.717) is 24.0 Å². The number of esters is 2. The van der Waals surface area contributed by atoms with Crippen LogP contribution in [0, 0.1) is 0 Å². The van der Waals surface area contributed by atoms with E-state index in [2.05, 4.69) is 17.9 Å². The van der Waals surface area contributed by atoms with E-state index < -0.39 is 11.9 Å². The summed E-state index contributed by atoms with van der Waals surface area (Å²) in [5, 5.41) is 0. The second-order valence-electron chi connectivity index (χ2n) is 4.14. The molecule has 0 radical (unpaired) electrons. The van der Waals surface area contributed by atoms with Gasteiger partial charge in [0.1, 0.15) is 0 Å². The summed E-state index contributed by atoms with van der Waals surface area (Å²) in [6, 6.07) is 0. The van der Waals surface area contributed by atoms with E-state index in [0.717, 1.165) is 13.0 Å². The van der Waals surface area contributed by atoms with Crippen molar-refractivity contribution in [3.63, 3.8) is 0 Å². The molecule has 0 heterocycles. The standard InChI is InChI=1S/C13H21NO3/c1-6-10(2)12(15)17-13(16)11(3)8-7-9-14(4)5/h2-3,6-9H2,1,4-5H3. The summed E-state index contributed by atoms with van der Waals surface area (Å²) in [6.07, 6.45) is 1.81. The monoisotopic (exact) mass is 239 g/mol. The Hall–Kier alpha value is -1.42. The van der Waals surface area contributed by atoms with E-state index in [4.69, 9.17) is 0 Å². The first-order chi connectivity index (χ1) is 7.88. The molecule has 0 atom stereocenters. The second-order valence-corrected chi connectivity index (χ2v) is 4.14. The molecule has 0 fully saturated rings. The summed E-state index contributed by atoms with van der Waals surface area (Å²) in [4.78, 5) is 24.7. The van der Waals surface area contributed by atoms with Gasteiger partial charge in [-0.15, -0.1) is 0 Å². The Balaban J connectivity index is 4.02. The molecule has 0 rings (SSSR count). The lowest BCUT2D eigenvalue weighted by Gasteiger charge is -2.09. The predicted octanol–water partition coefficient (Wildman–Crippen LogP) is 1.92. The Morgan fingerprint density at radius 1 is 1.12 bits per heavy atom. The first-order valence-electron chi connectivity index (χ1n) is 5.65. The molecule has 96 valence electrons. The van der Waals surface area contributed by atoms with Gasteiger partial charge in [0, 0.05) is 11.1 Å². The minimum atomic E-state index is -0.661. The summed E-state index contributed by atoms with van der Waals surface area (Å²) in [5.74, 6) is -1.31. The fourth-order valence-electron chi connectivity index (χ4n) is 1.08. The molecular formula is C13H21NO3. The van der Waals surface area contributed by atoms with Crippen LogP contribution in [0.15, 0.2) is 24.3 Å². The zero-order chi connectivity index (χ0) is 13.4. The lowest BCUT2D eigenvalue weighted by Crippen LogP contribution is -2.17. The molecule has 0 aliphatic rings. The number of ether oxygens (including phenoxy) is 1. The number of hydrogen-bond acceptors (Lipinski definition) is 4. The Labute approximate surface area is 103 Å². The predicted molar refractivity (Wildman–Crippen MR) is 67.5 cm³/mol. The summed E-state index contributed by atoms with van der Waals surface area (Å²) >= 11 is 0. The van der Waals surface area contributed by atoms with Crippen molar-refractivity contribution in [1.82, 2.24) is 4.90 Å². The van der Waals surface area contributed by atoms with Gasteiger partial charge in [0.15, 0.2) is 0 Å². The van der Waals surface area contributed by atoms with Crippen molar-refractivity contribution in [2.75, 3.05) is 20.6 Å². The Bertz CT molecular complexity index is 319. The maximum Gasteiger partial charge on any atom is 0.341 e. The zero-order valence-electron chi connectivity index (χ0n) is 10.9. The lowest BCUT2D eigenvalue weighted by atomic mass is 10.1. The van der Waals surface area contributed by atoms with Gasteiger partial charge in [-0.1, -0.05) is 20.1 Å². The lowest BCUT2D eigenvalue weighted by molar-refractivity contribution is -0.154. The SMILES string of the molecule is C=C(CC)C(=O)OC(=O)C(=C)CCCN(C)C. The van der Waals surface area contributed by atoms with Crippen LogP contribution in [0.5, 0.6) is 0 Å². The first kappa shape index (κ1) is 15.6. The highest BCUT2D eigenvalue weighted by molar-refractivity contribution is 6.01. The van der Waals surface area contributed by atoms with Crippen LogP contribution in [0.25, 0.3) is 0 Å². The second kappa shape index (κ2) is 7.79. The molecule has 4 nitrogen and oxygen atoms in total. The van der Waals surface area contributed by atoms with Crippen LogP contribution in [-0.2, 0) is 14.3 Å². The van der Waals surface area contributed by atoms with Gasteiger partial charge >= 0.3 is 11.9 Å². The number of hydrogen-bond donors (Lipinski definition) is 0. The molecule has 0 unspecified atom stereocenters. The highest BCUT2D eigenvalue weighted by atomic mass is 16.6. The van der Waals surface area contributed by atoms with Crippen LogP contribution in [0.4, 0.5) is 0 Å². The van der Waals surface area contributed by atoms with E-state index in [1.165, 1.54) is 0 Å². The van der Waals surface area contributed by atoms with Crippen molar-refractivity contribution in [1.29, 1.82) is 0 Å². The van der Waals surface area contributed by atoms with Crippen LogP contribution >= 0.6 is 0 Å². The van der Waals surface area contributed by atoms with Gasteiger partial charge in [0.2, 0.25) is 0 Å². The van der Waals surface area contributed by atoms with E-state index >= 15 is 0 Å². The molecule has 0 bridgehead atoms. The minimum Gasteiger partial charge on any atom is -0.386 e. The Morgan fingerprint density at radius 2 is 1.65 bits per heavy atom. The third-order valence-corrected chi connectivity index (χ3v) is 2.27. The molecule has 0 aliphatic carbocycles. The van der Waals surface area contributed by atoms with Gasteiger partial charge in [0.25, 0.3) is 0 Å². The van der Waals surface area contributed by atoms with Gasteiger partial charge in [-0.3, -0.25) is 0 Å².